The molecule has 0 radical (unpaired) electrons. The number of aliphatic hydroxyl groups is 1. The fourth-order valence-electron chi connectivity index (χ4n) is 1.45. The highest BCUT2D eigenvalue weighted by Crippen LogP contribution is 2.02. The normalized spacial score (nSPS) is 13.0. The van der Waals surface area contributed by atoms with Gasteiger partial charge < -0.3 is 14.6 Å². The molecule has 0 bridgehead atoms. The van der Waals surface area contributed by atoms with Gasteiger partial charge in [-0.05, 0) is 12.0 Å². The Balaban J connectivity index is 2.28. The largest absolute Gasteiger partial charge is 0.391 e. The quantitative estimate of drug-likeness (QED) is 0.673. The van der Waals surface area contributed by atoms with Gasteiger partial charge in [-0.25, -0.2) is 0 Å². The summed E-state index contributed by atoms with van der Waals surface area (Å²) in [6.07, 6.45) is -0.297. The first kappa shape index (κ1) is 13.1. The second kappa shape index (κ2) is 7.35. The SMILES string of the molecule is COC(NC[C@H](O)Cc1ccccc1)OC. The van der Waals surface area contributed by atoms with Crippen molar-refractivity contribution in [2.75, 3.05) is 20.8 Å². The third kappa shape index (κ3) is 4.72. The molecule has 0 aliphatic heterocycles. The molecule has 0 heterocycles. The van der Waals surface area contributed by atoms with Crippen LogP contribution in [-0.4, -0.2) is 38.4 Å². The lowest BCUT2D eigenvalue weighted by Crippen LogP contribution is -2.38. The molecule has 4 heteroatoms. The van der Waals surface area contributed by atoms with Gasteiger partial charge in [0.05, 0.1) is 6.10 Å². The predicted molar refractivity (Wildman–Crippen MR) is 62.0 cm³/mol. The minimum Gasteiger partial charge on any atom is -0.391 e. The van der Waals surface area contributed by atoms with E-state index in [1.54, 1.807) is 14.2 Å². The van der Waals surface area contributed by atoms with E-state index in [-0.39, 0.29) is 0 Å². The first-order valence-electron chi connectivity index (χ1n) is 5.27. The first-order chi connectivity index (χ1) is 7.76. The Labute approximate surface area is 96.2 Å². The summed E-state index contributed by atoms with van der Waals surface area (Å²) in [6, 6.07) is 9.87. The Morgan fingerprint density at radius 2 is 1.81 bits per heavy atom. The number of hydrogen-bond donors (Lipinski definition) is 2. The smallest absolute Gasteiger partial charge is 0.215 e. The van der Waals surface area contributed by atoms with Crippen LogP contribution in [0.1, 0.15) is 5.56 Å². The van der Waals surface area contributed by atoms with Crippen LogP contribution in [-0.2, 0) is 15.9 Å². The highest BCUT2D eigenvalue weighted by molar-refractivity contribution is 5.15. The molecule has 0 spiro atoms. The topological polar surface area (TPSA) is 50.7 Å². The molecule has 0 saturated heterocycles. The molecular formula is C12H19NO3. The molecule has 0 fully saturated rings. The molecule has 0 unspecified atom stereocenters. The maximum atomic E-state index is 9.77. The van der Waals surface area contributed by atoms with Crippen molar-refractivity contribution >= 4 is 0 Å². The van der Waals surface area contributed by atoms with Crippen LogP contribution in [0.2, 0.25) is 0 Å². The lowest BCUT2D eigenvalue weighted by molar-refractivity contribution is -0.126. The first-order valence-corrected chi connectivity index (χ1v) is 5.27. The van der Waals surface area contributed by atoms with Crippen molar-refractivity contribution in [2.45, 2.75) is 18.9 Å². The zero-order chi connectivity index (χ0) is 11.8. The standard InChI is InChI=1S/C12H19NO3/c1-15-12(16-2)13-9-11(14)8-10-6-4-3-5-7-10/h3-7,11-14H,8-9H2,1-2H3/t11-/m1/s1. The summed E-state index contributed by atoms with van der Waals surface area (Å²) in [6.45, 7) is 0.432. The highest BCUT2D eigenvalue weighted by Gasteiger charge is 2.09. The molecular weight excluding hydrogens is 206 g/mol. The number of hydrogen-bond acceptors (Lipinski definition) is 4. The summed E-state index contributed by atoms with van der Waals surface area (Å²) < 4.78 is 9.91. The van der Waals surface area contributed by atoms with Crippen LogP contribution in [0.25, 0.3) is 0 Å². The number of nitrogens with one attached hydrogen (secondary N) is 1. The average Bonchev–Trinajstić information content (AvgIpc) is 2.31. The van der Waals surface area contributed by atoms with Crippen molar-refractivity contribution < 1.29 is 14.6 Å². The zero-order valence-corrected chi connectivity index (χ0v) is 9.72. The van der Waals surface area contributed by atoms with Crippen molar-refractivity contribution in [3.63, 3.8) is 0 Å². The Kier molecular flexibility index (Phi) is 6.03. The number of rotatable bonds is 7. The second-order valence-electron chi connectivity index (χ2n) is 3.56. The van der Waals surface area contributed by atoms with E-state index in [2.05, 4.69) is 5.32 Å². The molecule has 1 aromatic carbocycles. The van der Waals surface area contributed by atoms with Crippen LogP contribution >= 0.6 is 0 Å². The molecule has 1 rings (SSSR count). The maximum Gasteiger partial charge on any atom is 0.215 e. The number of methoxy groups -OCH3 is 2. The van der Waals surface area contributed by atoms with Gasteiger partial charge in [0.1, 0.15) is 0 Å². The number of ether oxygens (including phenoxy) is 2. The van der Waals surface area contributed by atoms with Gasteiger partial charge in [-0.2, -0.15) is 0 Å². The van der Waals surface area contributed by atoms with E-state index in [1.807, 2.05) is 30.3 Å². The Morgan fingerprint density at radius 3 is 2.38 bits per heavy atom. The third-order valence-corrected chi connectivity index (χ3v) is 2.26. The van der Waals surface area contributed by atoms with E-state index in [1.165, 1.54) is 0 Å². The number of aliphatic hydroxyl groups excluding tert-OH is 1. The van der Waals surface area contributed by atoms with Crippen molar-refractivity contribution in [3.05, 3.63) is 35.9 Å². The summed E-state index contributed by atoms with van der Waals surface area (Å²) in [7, 11) is 3.09. The molecule has 90 valence electrons. The minimum atomic E-state index is -0.467. The summed E-state index contributed by atoms with van der Waals surface area (Å²) in [5.74, 6) is 0. The van der Waals surface area contributed by atoms with Gasteiger partial charge >= 0.3 is 0 Å². The lowest BCUT2D eigenvalue weighted by Gasteiger charge is -2.17. The molecule has 0 aromatic heterocycles. The van der Waals surface area contributed by atoms with Gasteiger partial charge in [-0.3, -0.25) is 5.32 Å². The van der Waals surface area contributed by atoms with Crippen molar-refractivity contribution in [1.29, 1.82) is 0 Å². The molecule has 1 atom stereocenters. The van der Waals surface area contributed by atoms with Crippen LogP contribution in [0.3, 0.4) is 0 Å². The fourth-order valence-corrected chi connectivity index (χ4v) is 1.45. The third-order valence-electron chi connectivity index (χ3n) is 2.26. The van der Waals surface area contributed by atoms with E-state index < -0.39 is 12.5 Å². The van der Waals surface area contributed by atoms with Gasteiger partial charge in [-0.15, -0.1) is 0 Å². The summed E-state index contributed by atoms with van der Waals surface area (Å²) in [4.78, 5) is 0. The van der Waals surface area contributed by atoms with Crippen LogP contribution in [0, 0.1) is 0 Å². The summed E-state index contributed by atoms with van der Waals surface area (Å²) in [5, 5.41) is 12.7. The molecule has 2 N–H and O–H groups in total. The lowest BCUT2D eigenvalue weighted by atomic mass is 10.1. The monoisotopic (exact) mass is 225 g/mol. The average molecular weight is 225 g/mol. The maximum absolute atomic E-state index is 9.77. The zero-order valence-electron chi connectivity index (χ0n) is 9.72. The van der Waals surface area contributed by atoms with Crippen molar-refractivity contribution in [3.8, 4) is 0 Å². The molecule has 0 amide bonds. The van der Waals surface area contributed by atoms with Crippen LogP contribution in [0.15, 0.2) is 30.3 Å². The fraction of sp³-hybridized carbons (Fsp3) is 0.500. The van der Waals surface area contributed by atoms with Crippen molar-refractivity contribution in [1.82, 2.24) is 5.32 Å². The van der Waals surface area contributed by atoms with Gasteiger partial charge in [0.15, 0.2) is 0 Å². The molecule has 4 nitrogen and oxygen atoms in total. The Hall–Kier alpha value is -0.940. The van der Waals surface area contributed by atoms with Crippen molar-refractivity contribution in [2.24, 2.45) is 0 Å². The van der Waals surface area contributed by atoms with Gasteiger partial charge in [0.2, 0.25) is 6.41 Å². The predicted octanol–water partition coefficient (Wildman–Crippen LogP) is 0.756. The van der Waals surface area contributed by atoms with Gasteiger partial charge in [0, 0.05) is 20.8 Å². The van der Waals surface area contributed by atoms with E-state index in [9.17, 15) is 5.11 Å². The van der Waals surface area contributed by atoms with Gasteiger partial charge in [-0.1, -0.05) is 30.3 Å². The summed E-state index contributed by atoms with van der Waals surface area (Å²) >= 11 is 0. The van der Waals surface area contributed by atoms with E-state index in [4.69, 9.17) is 9.47 Å². The molecule has 0 aliphatic carbocycles. The molecule has 0 aliphatic rings. The van der Waals surface area contributed by atoms with E-state index in [0.29, 0.717) is 13.0 Å². The minimum absolute atomic E-state index is 0.432. The number of benzene rings is 1. The van der Waals surface area contributed by atoms with E-state index in [0.717, 1.165) is 5.56 Å². The molecule has 0 saturated carbocycles. The Morgan fingerprint density at radius 1 is 1.19 bits per heavy atom. The van der Waals surface area contributed by atoms with Crippen LogP contribution in [0.4, 0.5) is 0 Å². The van der Waals surface area contributed by atoms with Gasteiger partial charge in [0.25, 0.3) is 0 Å². The second-order valence-corrected chi connectivity index (χ2v) is 3.56. The van der Waals surface area contributed by atoms with Crippen LogP contribution in [0.5, 0.6) is 0 Å². The summed E-state index contributed by atoms with van der Waals surface area (Å²) in [5.41, 5.74) is 1.11. The highest BCUT2D eigenvalue weighted by atomic mass is 16.7. The van der Waals surface area contributed by atoms with Crippen LogP contribution < -0.4 is 5.32 Å². The molecule has 16 heavy (non-hydrogen) atoms. The molecule has 1 aromatic rings. The van der Waals surface area contributed by atoms with E-state index >= 15 is 0 Å². The Bertz CT molecular complexity index is 275.